The minimum absolute atomic E-state index is 0.220. The number of amides is 1. The molecule has 0 bridgehead atoms. The quantitative estimate of drug-likeness (QED) is 0.863. The third-order valence-electron chi connectivity index (χ3n) is 5.11. The number of morpholine rings is 1. The first-order chi connectivity index (χ1) is 13.1. The first-order valence-electron chi connectivity index (χ1n) is 9.28. The topological polar surface area (TPSA) is 59.4 Å². The molecule has 1 N–H and O–H groups in total. The van der Waals surface area contributed by atoms with Gasteiger partial charge in [0.15, 0.2) is 17.3 Å². The summed E-state index contributed by atoms with van der Waals surface area (Å²) < 4.78 is 33.7. The van der Waals surface area contributed by atoms with Crippen LogP contribution in [0.4, 0.5) is 8.78 Å². The number of aromatic nitrogens is 2. The summed E-state index contributed by atoms with van der Waals surface area (Å²) >= 11 is 0. The normalized spacial score (nSPS) is 17.1. The molecule has 144 valence electrons. The van der Waals surface area contributed by atoms with Gasteiger partial charge in [0.05, 0.1) is 18.9 Å². The SMILES string of the molecule is O=C(NCCN1CCOCC1)c1nn(-c2ccc(F)c(F)c2)c2c1CCC2. The smallest absolute Gasteiger partial charge is 0.272 e. The Morgan fingerprint density at radius 2 is 2.00 bits per heavy atom. The number of carbonyl (C=O) groups excluding carboxylic acids is 1. The Labute approximate surface area is 156 Å². The van der Waals surface area contributed by atoms with Crippen LogP contribution in [0.5, 0.6) is 0 Å². The van der Waals surface area contributed by atoms with Crippen LogP contribution in [0, 0.1) is 11.6 Å². The van der Waals surface area contributed by atoms with Crippen molar-refractivity contribution in [3.05, 3.63) is 46.8 Å². The van der Waals surface area contributed by atoms with Crippen molar-refractivity contribution in [3.8, 4) is 5.69 Å². The van der Waals surface area contributed by atoms with Crippen LogP contribution in [-0.2, 0) is 17.6 Å². The molecule has 2 aromatic rings. The maximum absolute atomic E-state index is 13.6. The van der Waals surface area contributed by atoms with Crippen LogP contribution in [0.15, 0.2) is 18.2 Å². The first kappa shape index (κ1) is 18.1. The standard InChI is InChI=1S/C19H22F2N4O2/c20-15-5-4-13(12-16(15)21)25-17-3-1-2-14(17)18(23-25)19(26)22-6-7-24-8-10-27-11-9-24/h4-5,12H,1-3,6-11H2,(H,22,26). The monoisotopic (exact) mass is 376 g/mol. The number of carbonyl (C=O) groups is 1. The molecule has 1 aromatic carbocycles. The summed E-state index contributed by atoms with van der Waals surface area (Å²) in [5.41, 5.74) is 2.62. The Kier molecular flexibility index (Phi) is 5.18. The van der Waals surface area contributed by atoms with Crippen LogP contribution in [0.1, 0.15) is 28.2 Å². The van der Waals surface area contributed by atoms with Gasteiger partial charge in [-0.25, -0.2) is 13.5 Å². The molecule has 0 radical (unpaired) electrons. The number of benzene rings is 1. The molecule has 1 aromatic heterocycles. The van der Waals surface area contributed by atoms with Crippen molar-refractivity contribution in [3.63, 3.8) is 0 Å². The number of nitrogens with zero attached hydrogens (tertiary/aromatic N) is 3. The van der Waals surface area contributed by atoms with Gasteiger partial charge in [-0.2, -0.15) is 5.10 Å². The van der Waals surface area contributed by atoms with Crippen LogP contribution >= 0.6 is 0 Å². The summed E-state index contributed by atoms with van der Waals surface area (Å²) in [7, 11) is 0. The summed E-state index contributed by atoms with van der Waals surface area (Å²) in [5.74, 6) is -2.04. The van der Waals surface area contributed by atoms with E-state index in [0.717, 1.165) is 75.5 Å². The molecule has 8 heteroatoms. The van der Waals surface area contributed by atoms with Gasteiger partial charge >= 0.3 is 0 Å². The zero-order valence-corrected chi connectivity index (χ0v) is 15.0. The predicted octanol–water partition coefficient (Wildman–Crippen LogP) is 1.70. The number of nitrogens with one attached hydrogen (secondary N) is 1. The fraction of sp³-hybridized carbons (Fsp3) is 0.474. The van der Waals surface area contributed by atoms with E-state index in [2.05, 4.69) is 15.3 Å². The third kappa shape index (κ3) is 3.72. The summed E-state index contributed by atoms with van der Waals surface area (Å²) in [4.78, 5) is 14.9. The Balaban J connectivity index is 1.49. The maximum atomic E-state index is 13.6. The van der Waals surface area contributed by atoms with Crippen LogP contribution in [0.2, 0.25) is 0 Å². The Morgan fingerprint density at radius 3 is 2.78 bits per heavy atom. The summed E-state index contributed by atoms with van der Waals surface area (Å²) in [6.07, 6.45) is 2.46. The lowest BCUT2D eigenvalue weighted by Crippen LogP contribution is -2.41. The highest BCUT2D eigenvalue weighted by Gasteiger charge is 2.27. The van der Waals surface area contributed by atoms with E-state index in [1.165, 1.54) is 6.07 Å². The molecule has 1 aliphatic carbocycles. The highest BCUT2D eigenvalue weighted by atomic mass is 19.2. The molecule has 0 unspecified atom stereocenters. The molecule has 27 heavy (non-hydrogen) atoms. The number of fused-ring (bicyclic) bond motifs is 1. The molecule has 1 saturated heterocycles. The Morgan fingerprint density at radius 1 is 1.19 bits per heavy atom. The average Bonchev–Trinajstić information content (AvgIpc) is 3.27. The fourth-order valence-electron chi connectivity index (χ4n) is 3.69. The lowest BCUT2D eigenvalue weighted by Gasteiger charge is -2.26. The van der Waals surface area contributed by atoms with Gasteiger partial charge in [0, 0.05) is 43.5 Å². The van der Waals surface area contributed by atoms with E-state index in [4.69, 9.17) is 4.74 Å². The zero-order valence-electron chi connectivity index (χ0n) is 15.0. The van der Waals surface area contributed by atoms with Crippen LogP contribution in [-0.4, -0.2) is 60.0 Å². The molecule has 0 spiro atoms. The summed E-state index contributed by atoms with van der Waals surface area (Å²) in [5, 5.41) is 7.35. The number of rotatable bonds is 5. The van der Waals surface area contributed by atoms with Gasteiger partial charge < -0.3 is 10.1 Å². The molecule has 4 rings (SSSR count). The molecule has 1 aliphatic heterocycles. The van der Waals surface area contributed by atoms with Crippen LogP contribution in [0.3, 0.4) is 0 Å². The average molecular weight is 376 g/mol. The molecule has 1 fully saturated rings. The van der Waals surface area contributed by atoms with E-state index >= 15 is 0 Å². The van der Waals surface area contributed by atoms with Gasteiger partial charge in [-0.1, -0.05) is 0 Å². The second-order valence-corrected chi connectivity index (χ2v) is 6.85. The number of ether oxygens (including phenoxy) is 1. The molecule has 2 heterocycles. The Hall–Kier alpha value is -2.32. The van der Waals surface area contributed by atoms with Gasteiger partial charge in [0.2, 0.25) is 0 Å². The van der Waals surface area contributed by atoms with Crippen molar-refractivity contribution in [2.75, 3.05) is 39.4 Å². The van der Waals surface area contributed by atoms with Gasteiger partial charge in [0.1, 0.15) is 0 Å². The Bertz CT molecular complexity index is 846. The van der Waals surface area contributed by atoms with E-state index in [0.29, 0.717) is 17.9 Å². The van der Waals surface area contributed by atoms with Gasteiger partial charge in [0.25, 0.3) is 5.91 Å². The van der Waals surface area contributed by atoms with Gasteiger partial charge in [-0.15, -0.1) is 0 Å². The minimum Gasteiger partial charge on any atom is -0.379 e. The van der Waals surface area contributed by atoms with E-state index < -0.39 is 11.6 Å². The summed E-state index contributed by atoms with van der Waals surface area (Å²) in [6, 6.07) is 3.67. The summed E-state index contributed by atoms with van der Waals surface area (Å²) in [6.45, 7) is 4.49. The van der Waals surface area contributed by atoms with Crippen LogP contribution in [0.25, 0.3) is 5.69 Å². The number of hydrogen-bond acceptors (Lipinski definition) is 4. The lowest BCUT2D eigenvalue weighted by molar-refractivity contribution is 0.0383. The highest BCUT2D eigenvalue weighted by Crippen LogP contribution is 2.28. The molecule has 0 saturated carbocycles. The van der Waals surface area contributed by atoms with E-state index in [9.17, 15) is 13.6 Å². The zero-order chi connectivity index (χ0) is 18.8. The van der Waals surface area contributed by atoms with Crippen molar-refractivity contribution in [1.82, 2.24) is 20.0 Å². The first-order valence-corrected chi connectivity index (χ1v) is 9.28. The van der Waals surface area contributed by atoms with E-state index in [1.807, 2.05) is 0 Å². The second kappa shape index (κ2) is 7.74. The van der Waals surface area contributed by atoms with Crippen LogP contribution < -0.4 is 5.32 Å². The van der Waals surface area contributed by atoms with Crippen molar-refractivity contribution < 1.29 is 18.3 Å². The van der Waals surface area contributed by atoms with Crippen molar-refractivity contribution >= 4 is 5.91 Å². The van der Waals surface area contributed by atoms with Crippen molar-refractivity contribution in [1.29, 1.82) is 0 Å². The minimum atomic E-state index is -0.925. The molecule has 2 aliphatic rings. The molecule has 0 atom stereocenters. The van der Waals surface area contributed by atoms with E-state index in [-0.39, 0.29) is 5.91 Å². The lowest BCUT2D eigenvalue weighted by atomic mass is 10.2. The number of hydrogen-bond donors (Lipinski definition) is 1. The number of halogens is 2. The van der Waals surface area contributed by atoms with Crippen molar-refractivity contribution in [2.24, 2.45) is 0 Å². The van der Waals surface area contributed by atoms with Gasteiger partial charge in [-0.3, -0.25) is 9.69 Å². The highest BCUT2D eigenvalue weighted by molar-refractivity contribution is 5.94. The maximum Gasteiger partial charge on any atom is 0.272 e. The molecular formula is C19H22F2N4O2. The third-order valence-corrected chi connectivity index (χ3v) is 5.11. The molecular weight excluding hydrogens is 354 g/mol. The molecule has 6 nitrogen and oxygen atoms in total. The van der Waals surface area contributed by atoms with Crippen molar-refractivity contribution in [2.45, 2.75) is 19.3 Å². The second-order valence-electron chi connectivity index (χ2n) is 6.85. The van der Waals surface area contributed by atoms with E-state index in [1.54, 1.807) is 4.68 Å². The molecule has 1 amide bonds. The van der Waals surface area contributed by atoms with Gasteiger partial charge in [-0.05, 0) is 31.4 Å². The largest absolute Gasteiger partial charge is 0.379 e. The predicted molar refractivity (Wildman–Crippen MR) is 95.1 cm³/mol. The fourth-order valence-corrected chi connectivity index (χ4v) is 3.69.